The molecule has 0 aliphatic carbocycles. The van der Waals surface area contributed by atoms with E-state index in [2.05, 4.69) is 44.2 Å². The summed E-state index contributed by atoms with van der Waals surface area (Å²) >= 11 is 0. The van der Waals surface area contributed by atoms with Crippen molar-refractivity contribution in [3.05, 3.63) is 78.5 Å². The molecule has 1 saturated heterocycles. The lowest BCUT2D eigenvalue weighted by Gasteiger charge is -2.33. The number of nitrogens with zero attached hydrogens (tertiary/aromatic N) is 5. The number of rotatable bonds is 6. The van der Waals surface area contributed by atoms with E-state index in [1.165, 1.54) is 5.69 Å². The number of carbonyl (C=O) groups excluding carboxylic acids is 1. The number of anilines is 1. The first-order valence-corrected chi connectivity index (χ1v) is 11.2. The fourth-order valence-corrected chi connectivity index (χ4v) is 4.57. The summed E-state index contributed by atoms with van der Waals surface area (Å²) in [5, 5.41) is 5.51. The Morgan fingerprint density at radius 3 is 2.59 bits per heavy atom. The largest absolute Gasteiger partial charge is 0.372 e. The molecule has 1 aliphatic rings. The summed E-state index contributed by atoms with van der Waals surface area (Å²) < 4.78 is 1.86. The van der Waals surface area contributed by atoms with Gasteiger partial charge in [-0.25, -0.2) is 4.68 Å². The number of pyridine rings is 2. The molecule has 0 spiro atoms. The molecule has 0 radical (unpaired) electrons. The molecular formula is C26H27N5O. The Labute approximate surface area is 187 Å². The molecule has 1 fully saturated rings. The van der Waals surface area contributed by atoms with Gasteiger partial charge in [-0.05, 0) is 56.0 Å². The molecule has 162 valence electrons. The monoisotopic (exact) mass is 425 g/mol. The first kappa shape index (κ1) is 20.4. The molecule has 0 saturated carbocycles. The number of Topliss-reactive ketones (excluding diaryl/α,β-unsaturated/α-hetero) is 1. The van der Waals surface area contributed by atoms with E-state index in [4.69, 9.17) is 0 Å². The summed E-state index contributed by atoms with van der Waals surface area (Å²) in [7, 11) is 0. The minimum atomic E-state index is 0.271. The van der Waals surface area contributed by atoms with Crippen LogP contribution in [0.3, 0.4) is 0 Å². The number of hydrogen-bond acceptors (Lipinski definition) is 5. The fourth-order valence-electron chi connectivity index (χ4n) is 4.57. The van der Waals surface area contributed by atoms with Crippen molar-refractivity contribution in [2.24, 2.45) is 5.92 Å². The maximum absolute atomic E-state index is 12.8. The molecule has 1 aromatic carbocycles. The zero-order valence-electron chi connectivity index (χ0n) is 18.3. The zero-order valence-corrected chi connectivity index (χ0v) is 18.3. The summed E-state index contributed by atoms with van der Waals surface area (Å²) in [6.45, 7) is 3.99. The van der Waals surface area contributed by atoms with Crippen molar-refractivity contribution in [1.29, 1.82) is 0 Å². The van der Waals surface area contributed by atoms with Crippen LogP contribution in [-0.2, 0) is 11.2 Å². The Bertz CT molecular complexity index is 1230. The van der Waals surface area contributed by atoms with Crippen molar-refractivity contribution in [1.82, 2.24) is 19.7 Å². The van der Waals surface area contributed by atoms with Crippen molar-refractivity contribution in [2.75, 3.05) is 18.0 Å². The lowest BCUT2D eigenvalue weighted by Crippen LogP contribution is -2.34. The van der Waals surface area contributed by atoms with Crippen molar-refractivity contribution in [3.63, 3.8) is 0 Å². The predicted octanol–water partition coefficient (Wildman–Crippen LogP) is 4.54. The topological polar surface area (TPSA) is 63.9 Å². The van der Waals surface area contributed by atoms with Crippen LogP contribution >= 0.6 is 0 Å². The molecule has 32 heavy (non-hydrogen) atoms. The van der Waals surface area contributed by atoms with Gasteiger partial charge < -0.3 is 4.90 Å². The quantitative estimate of drug-likeness (QED) is 0.454. The number of carbonyl (C=O) groups is 1. The van der Waals surface area contributed by atoms with E-state index in [-0.39, 0.29) is 5.78 Å². The van der Waals surface area contributed by atoms with Crippen LogP contribution in [0.25, 0.3) is 16.6 Å². The first-order valence-electron chi connectivity index (χ1n) is 11.2. The smallest absolute Gasteiger partial charge is 0.139 e. The van der Waals surface area contributed by atoms with Crippen molar-refractivity contribution in [3.8, 4) is 5.69 Å². The lowest BCUT2D eigenvalue weighted by molar-refractivity contribution is -0.119. The molecule has 0 atom stereocenters. The second kappa shape index (κ2) is 8.91. The minimum absolute atomic E-state index is 0.271. The van der Waals surface area contributed by atoms with E-state index < -0.39 is 0 Å². The van der Waals surface area contributed by atoms with Gasteiger partial charge in [0.05, 0.1) is 23.6 Å². The molecule has 3 aromatic heterocycles. The highest BCUT2D eigenvalue weighted by molar-refractivity contribution is 5.84. The highest BCUT2D eigenvalue weighted by atomic mass is 16.1. The Balaban J connectivity index is 1.20. The highest BCUT2D eigenvalue weighted by Gasteiger charge is 2.22. The van der Waals surface area contributed by atoms with Crippen molar-refractivity contribution in [2.45, 2.75) is 32.6 Å². The summed E-state index contributed by atoms with van der Waals surface area (Å²) in [4.78, 5) is 24.0. The lowest BCUT2D eigenvalue weighted by atomic mass is 9.90. The van der Waals surface area contributed by atoms with Gasteiger partial charge in [-0.2, -0.15) is 5.10 Å². The van der Waals surface area contributed by atoms with Crippen LogP contribution in [0.4, 0.5) is 5.69 Å². The second-order valence-corrected chi connectivity index (χ2v) is 8.63. The number of aryl methyl sites for hydroxylation is 1. The molecule has 0 N–H and O–H groups in total. The zero-order chi connectivity index (χ0) is 21.9. The van der Waals surface area contributed by atoms with Crippen LogP contribution in [0.5, 0.6) is 0 Å². The van der Waals surface area contributed by atoms with Crippen LogP contribution in [0.1, 0.15) is 30.7 Å². The Hall–Kier alpha value is -3.54. The number of ketones is 1. The number of piperidine rings is 1. The van der Waals surface area contributed by atoms with Crippen molar-refractivity contribution < 1.29 is 4.79 Å². The predicted molar refractivity (Wildman–Crippen MR) is 126 cm³/mol. The van der Waals surface area contributed by atoms with Gasteiger partial charge in [-0.15, -0.1) is 0 Å². The van der Waals surface area contributed by atoms with Gasteiger partial charge in [0.15, 0.2) is 0 Å². The van der Waals surface area contributed by atoms with Crippen LogP contribution in [-0.4, -0.2) is 38.6 Å². The average molecular weight is 426 g/mol. The molecular weight excluding hydrogens is 398 g/mol. The third kappa shape index (κ3) is 4.40. The standard InChI is InChI=1S/C26H27N5O/c1-19-13-24(7-10-27-19)31-26-18-28-22(15-21(26)17-29-31)16-25(32)14-20-8-11-30(12-9-20)23-5-3-2-4-6-23/h2-7,10,13,15,17-18,20H,8-9,11-12,14,16H2,1H3. The molecule has 4 aromatic rings. The molecule has 0 unspecified atom stereocenters. The summed E-state index contributed by atoms with van der Waals surface area (Å²) in [6, 6.07) is 16.4. The van der Waals surface area contributed by atoms with Gasteiger partial charge in [0.2, 0.25) is 0 Å². The van der Waals surface area contributed by atoms with Gasteiger partial charge in [0, 0.05) is 54.6 Å². The van der Waals surface area contributed by atoms with E-state index >= 15 is 0 Å². The maximum Gasteiger partial charge on any atom is 0.139 e. The van der Waals surface area contributed by atoms with Crippen LogP contribution in [0, 0.1) is 12.8 Å². The van der Waals surface area contributed by atoms with Crippen LogP contribution < -0.4 is 4.90 Å². The van der Waals surface area contributed by atoms with Gasteiger partial charge in [0.25, 0.3) is 0 Å². The van der Waals surface area contributed by atoms with E-state index in [0.29, 0.717) is 18.8 Å². The summed E-state index contributed by atoms with van der Waals surface area (Å²) in [6.07, 6.45) is 8.57. The van der Waals surface area contributed by atoms with E-state index in [1.807, 2.05) is 48.3 Å². The number of para-hydroxylation sites is 1. The molecule has 0 amide bonds. The van der Waals surface area contributed by atoms with Gasteiger partial charge in [-0.3, -0.25) is 14.8 Å². The normalized spacial score (nSPS) is 14.7. The number of benzene rings is 1. The number of fused-ring (bicyclic) bond motifs is 1. The number of aromatic nitrogens is 4. The van der Waals surface area contributed by atoms with Gasteiger partial charge in [-0.1, -0.05) is 18.2 Å². The van der Waals surface area contributed by atoms with Crippen molar-refractivity contribution >= 4 is 22.4 Å². The molecule has 5 rings (SSSR count). The summed E-state index contributed by atoms with van der Waals surface area (Å²) in [5.74, 6) is 0.732. The van der Waals surface area contributed by atoms with E-state index in [1.54, 1.807) is 6.20 Å². The minimum Gasteiger partial charge on any atom is -0.372 e. The molecule has 4 heterocycles. The molecule has 6 heteroatoms. The highest BCUT2D eigenvalue weighted by Crippen LogP contribution is 2.26. The number of hydrogen-bond donors (Lipinski definition) is 0. The third-order valence-corrected chi connectivity index (χ3v) is 6.27. The Morgan fingerprint density at radius 1 is 1.00 bits per heavy atom. The van der Waals surface area contributed by atoms with Gasteiger partial charge >= 0.3 is 0 Å². The average Bonchev–Trinajstić information content (AvgIpc) is 3.23. The second-order valence-electron chi connectivity index (χ2n) is 8.63. The summed E-state index contributed by atoms with van der Waals surface area (Å²) in [5.41, 5.74) is 4.92. The fraction of sp³-hybridized carbons (Fsp3) is 0.308. The SMILES string of the molecule is Cc1cc(-n2ncc3cc(CC(=O)CC4CCN(c5ccccc5)CC4)ncc32)ccn1. The van der Waals surface area contributed by atoms with Crippen LogP contribution in [0.2, 0.25) is 0 Å². The molecule has 6 nitrogen and oxygen atoms in total. The molecule has 0 bridgehead atoms. The van der Waals surface area contributed by atoms with Gasteiger partial charge in [0.1, 0.15) is 5.78 Å². The Morgan fingerprint density at radius 2 is 1.81 bits per heavy atom. The van der Waals surface area contributed by atoms with E-state index in [9.17, 15) is 4.79 Å². The molecule has 1 aliphatic heterocycles. The van der Waals surface area contributed by atoms with Crippen LogP contribution in [0.15, 0.2) is 67.1 Å². The first-order chi connectivity index (χ1) is 15.7. The maximum atomic E-state index is 12.8. The van der Waals surface area contributed by atoms with E-state index in [0.717, 1.165) is 53.9 Å². The Kier molecular flexibility index (Phi) is 5.67. The third-order valence-electron chi connectivity index (χ3n) is 6.27.